The number of nitrogens with zero attached hydrogens (tertiary/aromatic N) is 3. The molecule has 0 aromatic carbocycles. The highest BCUT2D eigenvalue weighted by atomic mass is 16.1. The second-order valence-electron chi connectivity index (χ2n) is 5.72. The number of nitrogen functional groups attached to an aromatic ring is 1. The summed E-state index contributed by atoms with van der Waals surface area (Å²) >= 11 is 0. The fraction of sp³-hybridized carbons (Fsp3) is 0.500. The van der Waals surface area contributed by atoms with Crippen molar-refractivity contribution < 1.29 is 4.79 Å². The fourth-order valence-corrected chi connectivity index (χ4v) is 2.38. The zero-order valence-corrected chi connectivity index (χ0v) is 12.0. The Morgan fingerprint density at radius 2 is 2.25 bits per heavy atom. The van der Waals surface area contributed by atoms with Crippen LogP contribution in [-0.4, -0.2) is 47.5 Å². The number of hydrogen-bond acceptors (Lipinski definition) is 5. The van der Waals surface area contributed by atoms with Gasteiger partial charge < -0.3 is 16.0 Å². The largest absolute Gasteiger partial charge is 0.368 e. The van der Waals surface area contributed by atoms with Crippen LogP contribution in [0.15, 0.2) is 18.5 Å². The minimum absolute atomic E-state index is 0.0994. The van der Waals surface area contributed by atoms with Crippen molar-refractivity contribution in [3.63, 3.8) is 0 Å². The maximum Gasteiger partial charge on any atom is 0.244 e. The molecule has 1 aromatic rings. The molecule has 1 aliphatic heterocycles. The van der Waals surface area contributed by atoms with Crippen LogP contribution in [0.5, 0.6) is 0 Å². The van der Waals surface area contributed by atoms with Crippen LogP contribution in [0.25, 0.3) is 6.08 Å². The highest BCUT2D eigenvalue weighted by molar-refractivity contribution is 5.91. The number of carbonyl (C=O) groups is 1. The standard InChI is InChI=1S/C14H21N5O/c1-14(5-6-19(2)10-14)9-18-12(20)4-3-11-7-16-13(15)17-8-11/h3-4,7-8H,5-6,9-10H2,1-2H3,(H,18,20)(H2,15,16,17)/b4-3+. The van der Waals surface area contributed by atoms with Crippen molar-refractivity contribution in [2.45, 2.75) is 13.3 Å². The smallest absolute Gasteiger partial charge is 0.244 e. The molecular formula is C14H21N5O. The molecule has 0 spiro atoms. The van der Waals surface area contributed by atoms with Gasteiger partial charge in [0.1, 0.15) is 0 Å². The molecule has 6 nitrogen and oxygen atoms in total. The molecule has 1 amide bonds. The normalized spacial score (nSPS) is 23.3. The minimum Gasteiger partial charge on any atom is -0.368 e. The first kappa shape index (κ1) is 14.5. The van der Waals surface area contributed by atoms with E-state index in [9.17, 15) is 4.79 Å². The van der Waals surface area contributed by atoms with Gasteiger partial charge in [0.25, 0.3) is 0 Å². The first-order valence-electron chi connectivity index (χ1n) is 6.69. The lowest BCUT2D eigenvalue weighted by Crippen LogP contribution is -2.36. The Balaban J connectivity index is 1.82. The number of rotatable bonds is 4. The quantitative estimate of drug-likeness (QED) is 0.783. The monoisotopic (exact) mass is 275 g/mol. The summed E-state index contributed by atoms with van der Waals surface area (Å²) in [5, 5.41) is 2.95. The van der Waals surface area contributed by atoms with E-state index in [1.54, 1.807) is 18.5 Å². The van der Waals surface area contributed by atoms with E-state index in [2.05, 4.69) is 34.2 Å². The van der Waals surface area contributed by atoms with E-state index < -0.39 is 0 Å². The fourth-order valence-electron chi connectivity index (χ4n) is 2.38. The summed E-state index contributed by atoms with van der Waals surface area (Å²) in [6.07, 6.45) is 7.45. The molecule has 1 unspecified atom stereocenters. The third kappa shape index (κ3) is 4.03. The van der Waals surface area contributed by atoms with E-state index in [1.807, 2.05) is 0 Å². The number of hydrogen-bond donors (Lipinski definition) is 2. The molecule has 1 aromatic heterocycles. The van der Waals surface area contributed by atoms with E-state index in [4.69, 9.17) is 5.73 Å². The van der Waals surface area contributed by atoms with Crippen LogP contribution in [0.3, 0.4) is 0 Å². The van der Waals surface area contributed by atoms with Gasteiger partial charge in [-0.3, -0.25) is 4.79 Å². The molecule has 1 fully saturated rings. The average molecular weight is 275 g/mol. The number of amides is 1. The highest BCUT2D eigenvalue weighted by Crippen LogP contribution is 2.27. The lowest BCUT2D eigenvalue weighted by atomic mass is 9.90. The number of nitrogens with two attached hydrogens (primary N) is 1. The van der Waals surface area contributed by atoms with Gasteiger partial charge in [0.15, 0.2) is 0 Å². The van der Waals surface area contributed by atoms with E-state index in [0.717, 1.165) is 25.1 Å². The lowest BCUT2D eigenvalue weighted by molar-refractivity contribution is -0.116. The molecule has 108 valence electrons. The molecule has 0 bridgehead atoms. The van der Waals surface area contributed by atoms with E-state index >= 15 is 0 Å². The van der Waals surface area contributed by atoms with Gasteiger partial charge in [-0.25, -0.2) is 9.97 Å². The van der Waals surface area contributed by atoms with Crippen molar-refractivity contribution in [3.8, 4) is 0 Å². The Bertz CT molecular complexity index is 499. The molecule has 1 saturated heterocycles. The summed E-state index contributed by atoms with van der Waals surface area (Å²) in [6.45, 7) is 5.00. The Labute approximate surface area is 119 Å². The van der Waals surface area contributed by atoms with Gasteiger partial charge >= 0.3 is 0 Å². The first-order chi connectivity index (χ1) is 9.47. The van der Waals surface area contributed by atoms with Crippen molar-refractivity contribution in [2.75, 3.05) is 32.4 Å². The SMILES string of the molecule is CN1CCC(C)(CNC(=O)/C=C/c2cnc(N)nc2)C1. The number of nitrogens with one attached hydrogen (secondary N) is 1. The van der Waals surface area contributed by atoms with E-state index in [0.29, 0.717) is 6.54 Å². The maximum absolute atomic E-state index is 11.8. The topological polar surface area (TPSA) is 84.1 Å². The predicted molar refractivity (Wildman–Crippen MR) is 78.7 cm³/mol. The number of aromatic nitrogens is 2. The highest BCUT2D eigenvalue weighted by Gasteiger charge is 2.31. The molecule has 6 heteroatoms. The lowest BCUT2D eigenvalue weighted by Gasteiger charge is -2.23. The summed E-state index contributed by atoms with van der Waals surface area (Å²) in [5.74, 6) is 0.127. The van der Waals surface area contributed by atoms with Crippen molar-refractivity contribution in [1.29, 1.82) is 0 Å². The zero-order chi connectivity index (χ0) is 14.6. The van der Waals surface area contributed by atoms with Crippen molar-refractivity contribution in [3.05, 3.63) is 24.0 Å². The molecule has 0 saturated carbocycles. The van der Waals surface area contributed by atoms with E-state index in [1.165, 1.54) is 6.08 Å². The molecular weight excluding hydrogens is 254 g/mol. The summed E-state index contributed by atoms with van der Waals surface area (Å²) in [6, 6.07) is 0. The van der Waals surface area contributed by atoms with Gasteiger partial charge in [-0.2, -0.15) is 0 Å². The Kier molecular flexibility index (Phi) is 4.34. The van der Waals surface area contributed by atoms with Crippen LogP contribution in [0.2, 0.25) is 0 Å². The second kappa shape index (κ2) is 6.00. The molecule has 0 aliphatic carbocycles. The first-order valence-corrected chi connectivity index (χ1v) is 6.69. The van der Waals surface area contributed by atoms with Crippen LogP contribution >= 0.6 is 0 Å². The number of likely N-dealkylation sites (tertiary alicyclic amines) is 1. The summed E-state index contributed by atoms with van der Waals surface area (Å²) < 4.78 is 0. The Morgan fingerprint density at radius 1 is 1.55 bits per heavy atom. The van der Waals surface area contributed by atoms with Gasteiger partial charge in [0.05, 0.1) is 0 Å². The van der Waals surface area contributed by atoms with Gasteiger partial charge in [-0.1, -0.05) is 6.92 Å². The van der Waals surface area contributed by atoms with Crippen molar-refractivity contribution in [2.24, 2.45) is 5.41 Å². The molecule has 0 radical (unpaired) electrons. The van der Waals surface area contributed by atoms with Crippen LogP contribution in [0, 0.1) is 5.41 Å². The molecule has 20 heavy (non-hydrogen) atoms. The second-order valence-corrected chi connectivity index (χ2v) is 5.72. The minimum atomic E-state index is -0.0994. The van der Waals surface area contributed by atoms with E-state index in [-0.39, 0.29) is 17.3 Å². The van der Waals surface area contributed by atoms with Crippen LogP contribution in [0.4, 0.5) is 5.95 Å². The number of carbonyl (C=O) groups excluding carboxylic acids is 1. The maximum atomic E-state index is 11.8. The molecule has 1 aliphatic rings. The van der Waals surface area contributed by atoms with Gasteiger partial charge in [0.2, 0.25) is 11.9 Å². The molecule has 3 N–H and O–H groups in total. The van der Waals surface area contributed by atoms with Crippen molar-refractivity contribution in [1.82, 2.24) is 20.2 Å². The third-order valence-corrected chi connectivity index (χ3v) is 3.56. The molecule has 2 heterocycles. The van der Waals surface area contributed by atoms with Crippen molar-refractivity contribution >= 4 is 17.9 Å². The summed E-state index contributed by atoms with van der Waals surface area (Å²) in [4.78, 5) is 21.8. The van der Waals surface area contributed by atoms with Gasteiger partial charge in [0, 0.05) is 37.1 Å². The third-order valence-electron chi connectivity index (χ3n) is 3.56. The summed E-state index contributed by atoms with van der Waals surface area (Å²) in [7, 11) is 2.11. The Morgan fingerprint density at radius 3 is 2.85 bits per heavy atom. The van der Waals surface area contributed by atoms with Gasteiger partial charge in [-0.05, 0) is 31.5 Å². The zero-order valence-electron chi connectivity index (χ0n) is 12.0. The Hall–Kier alpha value is -1.95. The van der Waals surface area contributed by atoms with Crippen LogP contribution in [-0.2, 0) is 4.79 Å². The predicted octanol–water partition coefficient (Wildman–Crippen LogP) is 0.530. The van der Waals surface area contributed by atoms with Crippen LogP contribution in [0.1, 0.15) is 18.9 Å². The summed E-state index contributed by atoms with van der Waals surface area (Å²) in [5.41, 5.74) is 6.32. The molecule has 2 rings (SSSR count). The number of anilines is 1. The average Bonchev–Trinajstić information content (AvgIpc) is 2.76. The van der Waals surface area contributed by atoms with Crippen LogP contribution < -0.4 is 11.1 Å². The van der Waals surface area contributed by atoms with Gasteiger partial charge in [-0.15, -0.1) is 0 Å². The molecule has 1 atom stereocenters.